The zero-order valence-corrected chi connectivity index (χ0v) is 11.9. The topological polar surface area (TPSA) is 133 Å². The van der Waals surface area contributed by atoms with Gasteiger partial charge in [0.25, 0.3) is 0 Å². The van der Waals surface area contributed by atoms with E-state index in [1.807, 2.05) is 0 Å². The quantitative estimate of drug-likeness (QED) is 0.324. The number of amides is 2. The number of aliphatic hydroxyl groups is 1. The van der Waals surface area contributed by atoms with Gasteiger partial charge in [-0.15, -0.1) is 0 Å². The molecule has 0 aliphatic rings. The molecule has 2 atom stereocenters. The number of hydrogen-bond acceptors (Lipinski definition) is 6. The fraction of sp³-hybridized carbons (Fsp3) is 0.636. The lowest BCUT2D eigenvalue weighted by molar-refractivity contribution is -0.147. The highest BCUT2D eigenvalue weighted by molar-refractivity contribution is 7.80. The minimum absolute atomic E-state index is 0.0248. The Balaban J connectivity index is 4.21. The lowest BCUT2D eigenvalue weighted by Gasteiger charge is -2.16. The molecule has 0 heterocycles. The van der Waals surface area contributed by atoms with E-state index in [0.717, 1.165) is 0 Å². The van der Waals surface area contributed by atoms with Gasteiger partial charge >= 0.3 is 5.97 Å². The Labute approximate surface area is 121 Å². The van der Waals surface area contributed by atoms with Crippen molar-refractivity contribution < 1.29 is 29.4 Å². The summed E-state index contributed by atoms with van der Waals surface area (Å²) in [5.41, 5.74) is 0. The van der Waals surface area contributed by atoms with Crippen LogP contribution in [-0.4, -0.2) is 58.2 Å². The van der Waals surface area contributed by atoms with Crippen LogP contribution in [0.25, 0.3) is 0 Å². The molecule has 0 radical (unpaired) electrons. The Morgan fingerprint density at radius 2 is 1.85 bits per heavy atom. The van der Waals surface area contributed by atoms with Crippen LogP contribution >= 0.6 is 12.6 Å². The molecule has 0 aromatic rings. The molecule has 0 saturated carbocycles. The van der Waals surface area contributed by atoms with E-state index in [4.69, 9.17) is 10.2 Å². The molecule has 0 aromatic carbocycles. The van der Waals surface area contributed by atoms with Crippen molar-refractivity contribution in [2.75, 3.05) is 12.3 Å². The summed E-state index contributed by atoms with van der Waals surface area (Å²) in [6, 6.07) is -0.924. The molecule has 0 aliphatic carbocycles. The highest BCUT2D eigenvalue weighted by Gasteiger charge is 2.21. The maximum atomic E-state index is 11.6. The van der Waals surface area contributed by atoms with Gasteiger partial charge in [0.2, 0.25) is 11.8 Å². The summed E-state index contributed by atoms with van der Waals surface area (Å²) in [6.45, 7) is 1.17. The Kier molecular flexibility index (Phi) is 8.57. The molecule has 0 aromatic heterocycles. The number of carbonyl (C=O) groups excluding carboxylic acids is 3. The second-order valence-electron chi connectivity index (χ2n) is 4.12. The van der Waals surface area contributed by atoms with E-state index >= 15 is 0 Å². The van der Waals surface area contributed by atoms with Gasteiger partial charge in [0, 0.05) is 12.2 Å². The number of Topliss-reactive ketones (excluding diaryl/α,β-unsaturated/α-hetero) is 1. The summed E-state index contributed by atoms with van der Waals surface area (Å²) < 4.78 is 0. The van der Waals surface area contributed by atoms with Crippen LogP contribution in [0.5, 0.6) is 0 Å². The third kappa shape index (κ3) is 7.74. The van der Waals surface area contributed by atoms with E-state index in [9.17, 15) is 19.2 Å². The predicted molar refractivity (Wildman–Crippen MR) is 72.4 cm³/mol. The third-order valence-corrected chi connectivity index (χ3v) is 2.64. The van der Waals surface area contributed by atoms with Gasteiger partial charge in [0.05, 0.1) is 6.54 Å². The number of rotatable bonds is 9. The number of aliphatic carboxylic acids is 1. The summed E-state index contributed by atoms with van der Waals surface area (Å²) in [6.07, 6.45) is -2.12. The summed E-state index contributed by atoms with van der Waals surface area (Å²) >= 11 is 3.91. The predicted octanol–water partition coefficient (Wildman–Crippen LogP) is -1.67. The van der Waals surface area contributed by atoms with Crippen LogP contribution in [0.2, 0.25) is 0 Å². The van der Waals surface area contributed by atoms with E-state index in [1.54, 1.807) is 0 Å². The maximum Gasteiger partial charge on any atom is 0.332 e. The first-order valence-corrected chi connectivity index (χ1v) is 6.49. The molecular weight excluding hydrogens is 288 g/mol. The molecule has 0 fully saturated rings. The van der Waals surface area contributed by atoms with Crippen LogP contribution in [-0.2, 0) is 19.2 Å². The van der Waals surface area contributed by atoms with Gasteiger partial charge in [0.1, 0.15) is 11.8 Å². The molecule has 0 rings (SSSR count). The first-order chi connectivity index (χ1) is 9.27. The van der Waals surface area contributed by atoms with E-state index < -0.39 is 29.9 Å². The van der Waals surface area contributed by atoms with Crippen LogP contribution in [0, 0.1) is 0 Å². The first kappa shape index (κ1) is 18.4. The van der Waals surface area contributed by atoms with Gasteiger partial charge in [-0.3, -0.25) is 14.4 Å². The van der Waals surface area contributed by atoms with Crippen LogP contribution in [0.3, 0.4) is 0 Å². The number of carboxylic acids is 1. The van der Waals surface area contributed by atoms with Gasteiger partial charge in [-0.05, 0) is 13.3 Å². The summed E-state index contributed by atoms with van der Waals surface area (Å²) in [5, 5.41) is 22.1. The molecule has 8 nitrogen and oxygen atoms in total. The van der Waals surface area contributed by atoms with E-state index in [2.05, 4.69) is 23.3 Å². The molecule has 114 valence electrons. The zero-order valence-electron chi connectivity index (χ0n) is 11.0. The molecule has 0 saturated heterocycles. The second-order valence-corrected chi connectivity index (χ2v) is 4.48. The number of carbonyl (C=O) groups is 4. The third-order valence-electron chi connectivity index (χ3n) is 2.28. The Hall–Kier alpha value is -1.61. The van der Waals surface area contributed by atoms with Crippen molar-refractivity contribution in [1.82, 2.24) is 10.6 Å². The number of ketones is 1. The monoisotopic (exact) mass is 306 g/mol. The van der Waals surface area contributed by atoms with Gasteiger partial charge < -0.3 is 20.8 Å². The van der Waals surface area contributed by atoms with Crippen molar-refractivity contribution >= 4 is 36.2 Å². The van der Waals surface area contributed by atoms with E-state index in [1.165, 1.54) is 6.92 Å². The Bertz CT molecular complexity index is 387. The van der Waals surface area contributed by atoms with Gasteiger partial charge in [-0.2, -0.15) is 12.6 Å². The fourth-order valence-corrected chi connectivity index (χ4v) is 1.44. The van der Waals surface area contributed by atoms with Gasteiger partial charge in [0.15, 0.2) is 6.10 Å². The summed E-state index contributed by atoms with van der Waals surface area (Å²) in [4.78, 5) is 44.2. The second kappa shape index (κ2) is 9.32. The average molecular weight is 306 g/mol. The molecule has 0 aliphatic heterocycles. The van der Waals surface area contributed by atoms with Crippen molar-refractivity contribution in [3.05, 3.63) is 0 Å². The van der Waals surface area contributed by atoms with Gasteiger partial charge in [-0.1, -0.05) is 0 Å². The Morgan fingerprint density at radius 1 is 1.25 bits per heavy atom. The van der Waals surface area contributed by atoms with Crippen LogP contribution in [0.1, 0.15) is 19.8 Å². The molecule has 2 unspecified atom stereocenters. The van der Waals surface area contributed by atoms with Crippen molar-refractivity contribution in [3.8, 4) is 0 Å². The average Bonchev–Trinajstić information content (AvgIpc) is 2.38. The lowest BCUT2D eigenvalue weighted by Crippen LogP contribution is -2.49. The largest absolute Gasteiger partial charge is 0.479 e. The lowest BCUT2D eigenvalue weighted by atomic mass is 10.2. The number of thiol groups is 1. The van der Waals surface area contributed by atoms with Crippen molar-refractivity contribution in [3.63, 3.8) is 0 Å². The SMILES string of the molecule is CC(=O)CNC(=O)C(CS)NC(=O)CCC(O)C(=O)O. The summed E-state index contributed by atoms with van der Waals surface area (Å²) in [7, 11) is 0. The molecule has 20 heavy (non-hydrogen) atoms. The molecule has 0 spiro atoms. The zero-order chi connectivity index (χ0) is 15.7. The smallest absolute Gasteiger partial charge is 0.332 e. The van der Waals surface area contributed by atoms with Crippen molar-refractivity contribution in [1.29, 1.82) is 0 Å². The standard InChI is InChI=1S/C11H18N2O6S/c1-6(14)4-12-10(17)7(5-20)13-9(16)3-2-8(15)11(18)19/h7-8,15,20H,2-5H2,1H3,(H,12,17)(H,13,16)(H,18,19). The van der Waals surface area contributed by atoms with Crippen molar-refractivity contribution in [2.24, 2.45) is 0 Å². The van der Waals surface area contributed by atoms with E-state index in [-0.39, 0.29) is 30.9 Å². The number of carboxylic acid groups (broad SMARTS) is 1. The van der Waals surface area contributed by atoms with Crippen LogP contribution in [0.4, 0.5) is 0 Å². The summed E-state index contributed by atoms with van der Waals surface area (Å²) in [5.74, 6) is -2.75. The molecule has 2 amide bonds. The molecule has 4 N–H and O–H groups in total. The van der Waals surface area contributed by atoms with E-state index in [0.29, 0.717) is 0 Å². The minimum Gasteiger partial charge on any atom is -0.479 e. The molecule has 0 bridgehead atoms. The van der Waals surface area contributed by atoms with Crippen LogP contribution in [0.15, 0.2) is 0 Å². The first-order valence-electron chi connectivity index (χ1n) is 5.86. The minimum atomic E-state index is -1.62. The fourth-order valence-electron chi connectivity index (χ4n) is 1.19. The van der Waals surface area contributed by atoms with Crippen molar-refractivity contribution in [2.45, 2.75) is 31.9 Å². The number of hydrogen-bond donors (Lipinski definition) is 5. The Morgan fingerprint density at radius 3 is 2.30 bits per heavy atom. The molecule has 9 heteroatoms. The van der Waals surface area contributed by atoms with Crippen LogP contribution < -0.4 is 10.6 Å². The maximum absolute atomic E-state index is 11.6. The van der Waals surface area contributed by atoms with Gasteiger partial charge in [-0.25, -0.2) is 4.79 Å². The highest BCUT2D eigenvalue weighted by Crippen LogP contribution is 1.98. The molecular formula is C11H18N2O6S. The normalized spacial score (nSPS) is 13.2. The number of nitrogens with one attached hydrogen (secondary N) is 2. The number of aliphatic hydroxyl groups excluding tert-OH is 1. The highest BCUT2D eigenvalue weighted by atomic mass is 32.1.